The van der Waals surface area contributed by atoms with Crippen LogP contribution in [0.3, 0.4) is 0 Å². The number of aliphatic hydroxyl groups excluding tert-OH is 1. The molecule has 0 saturated carbocycles. The molecule has 0 aromatic heterocycles. The number of nitrogens with zero attached hydrogens (tertiary/aromatic N) is 2. The summed E-state index contributed by atoms with van der Waals surface area (Å²) < 4.78 is 5.51. The van der Waals surface area contributed by atoms with Crippen molar-refractivity contribution in [2.45, 2.75) is 32.2 Å². The predicted molar refractivity (Wildman–Crippen MR) is 49.1 cm³/mol. The second kappa shape index (κ2) is 4.56. The van der Waals surface area contributed by atoms with Crippen molar-refractivity contribution in [2.75, 3.05) is 19.8 Å². The Labute approximate surface area is 78.9 Å². The molecule has 1 N–H and O–H groups in total. The molecule has 1 aliphatic heterocycles. The maximum Gasteiger partial charge on any atom is 0.270 e. The Morgan fingerprint density at radius 3 is 2.85 bits per heavy atom. The highest BCUT2D eigenvalue weighted by atomic mass is 16.5. The zero-order valence-electron chi connectivity index (χ0n) is 8.10. The SMILES string of the molecule is [C-]#[N+]CN1C[C@H](OC(C)C)[C@@H](O)C1. The first-order valence-corrected chi connectivity index (χ1v) is 4.52. The molecule has 0 bridgehead atoms. The maximum absolute atomic E-state index is 9.57. The van der Waals surface area contributed by atoms with Crippen LogP contribution in [0.25, 0.3) is 4.85 Å². The molecule has 0 spiro atoms. The minimum absolute atomic E-state index is 0.123. The number of aliphatic hydroxyl groups is 1. The zero-order chi connectivity index (χ0) is 9.84. The highest BCUT2D eigenvalue weighted by molar-refractivity contribution is 4.86. The summed E-state index contributed by atoms with van der Waals surface area (Å²) in [6.07, 6.45) is -0.432. The average molecular weight is 184 g/mol. The Morgan fingerprint density at radius 1 is 1.62 bits per heavy atom. The van der Waals surface area contributed by atoms with Gasteiger partial charge in [-0.3, -0.25) is 4.85 Å². The third-order valence-electron chi connectivity index (χ3n) is 2.03. The predicted octanol–water partition coefficient (Wildman–Crippen LogP) is 0.333. The maximum atomic E-state index is 9.57. The van der Waals surface area contributed by atoms with Crippen LogP contribution in [0.5, 0.6) is 0 Å². The first-order chi connectivity index (χ1) is 6.13. The molecule has 2 atom stereocenters. The van der Waals surface area contributed by atoms with Crippen molar-refractivity contribution >= 4 is 0 Å². The third kappa shape index (κ3) is 2.96. The summed E-state index contributed by atoms with van der Waals surface area (Å²) in [7, 11) is 0. The monoisotopic (exact) mass is 184 g/mol. The Balaban J connectivity index is 2.38. The normalized spacial score (nSPS) is 29.5. The van der Waals surface area contributed by atoms with Gasteiger partial charge in [0.1, 0.15) is 0 Å². The number of rotatable bonds is 3. The van der Waals surface area contributed by atoms with Crippen molar-refractivity contribution < 1.29 is 9.84 Å². The van der Waals surface area contributed by atoms with E-state index in [9.17, 15) is 5.11 Å². The van der Waals surface area contributed by atoms with Gasteiger partial charge >= 0.3 is 0 Å². The highest BCUT2D eigenvalue weighted by Gasteiger charge is 2.33. The molecular weight excluding hydrogens is 168 g/mol. The van der Waals surface area contributed by atoms with E-state index in [1.165, 1.54) is 0 Å². The van der Waals surface area contributed by atoms with E-state index in [4.69, 9.17) is 11.3 Å². The number of likely N-dealkylation sites (tertiary alicyclic amines) is 1. The molecule has 74 valence electrons. The molecule has 0 aromatic carbocycles. The van der Waals surface area contributed by atoms with Crippen molar-refractivity contribution in [3.8, 4) is 0 Å². The Bertz CT molecular complexity index is 200. The molecule has 0 aromatic rings. The van der Waals surface area contributed by atoms with Gasteiger partial charge in [-0.25, -0.2) is 11.5 Å². The van der Waals surface area contributed by atoms with Gasteiger partial charge in [0.25, 0.3) is 6.67 Å². The molecule has 1 saturated heterocycles. The van der Waals surface area contributed by atoms with Crippen molar-refractivity contribution in [1.82, 2.24) is 4.90 Å². The summed E-state index contributed by atoms with van der Waals surface area (Å²) in [5.74, 6) is 0. The van der Waals surface area contributed by atoms with E-state index in [1.54, 1.807) is 0 Å². The van der Waals surface area contributed by atoms with Gasteiger partial charge < -0.3 is 9.84 Å². The van der Waals surface area contributed by atoms with Gasteiger partial charge in [-0.2, -0.15) is 0 Å². The zero-order valence-corrected chi connectivity index (χ0v) is 8.10. The van der Waals surface area contributed by atoms with Crippen LogP contribution in [0.2, 0.25) is 0 Å². The summed E-state index contributed by atoms with van der Waals surface area (Å²) in [5, 5.41) is 9.57. The van der Waals surface area contributed by atoms with Crippen LogP contribution >= 0.6 is 0 Å². The van der Waals surface area contributed by atoms with Crippen molar-refractivity contribution in [3.63, 3.8) is 0 Å². The fraction of sp³-hybridized carbons (Fsp3) is 0.889. The van der Waals surface area contributed by atoms with Crippen molar-refractivity contribution in [3.05, 3.63) is 11.4 Å². The molecule has 1 rings (SSSR count). The molecular formula is C9H16N2O2. The summed E-state index contributed by atoms with van der Waals surface area (Å²) in [5.41, 5.74) is 0. The molecule has 0 unspecified atom stereocenters. The van der Waals surface area contributed by atoms with E-state index in [0.29, 0.717) is 19.8 Å². The van der Waals surface area contributed by atoms with Crippen LogP contribution in [0.4, 0.5) is 0 Å². The number of ether oxygens (including phenoxy) is 1. The molecule has 1 aliphatic rings. The Kier molecular flexibility index (Phi) is 3.67. The lowest BCUT2D eigenvalue weighted by atomic mass is 10.2. The number of hydrogen-bond acceptors (Lipinski definition) is 3. The number of hydrogen-bond donors (Lipinski definition) is 1. The van der Waals surface area contributed by atoms with Crippen LogP contribution in [0, 0.1) is 6.57 Å². The Hall–Kier alpha value is -0.630. The third-order valence-corrected chi connectivity index (χ3v) is 2.03. The van der Waals surface area contributed by atoms with Crippen LogP contribution in [-0.4, -0.2) is 48.1 Å². The summed E-state index contributed by atoms with van der Waals surface area (Å²) in [6, 6.07) is 0. The molecule has 4 heteroatoms. The molecule has 0 radical (unpaired) electrons. The molecule has 13 heavy (non-hydrogen) atoms. The minimum Gasteiger partial charge on any atom is -0.389 e. The Morgan fingerprint density at radius 2 is 2.31 bits per heavy atom. The number of β-amino-alcohol motifs (C(OH)–C–C–N with tert-alkyl or cyclic N) is 1. The van der Waals surface area contributed by atoms with Gasteiger partial charge in [-0.15, -0.1) is 0 Å². The van der Waals surface area contributed by atoms with E-state index in [0.717, 1.165) is 0 Å². The van der Waals surface area contributed by atoms with Crippen LogP contribution in [-0.2, 0) is 4.74 Å². The van der Waals surface area contributed by atoms with Crippen LogP contribution < -0.4 is 0 Å². The van der Waals surface area contributed by atoms with E-state index < -0.39 is 6.10 Å². The smallest absolute Gasteiger partial charge is 0.270 e. The van der Waals surface area contributed by atoms with Gasteiger partial charge in [0.15, 0.2) is 0 Å². The quantitative estimate of drug-likeness (QED) is 0.642. The molecule has 0 aliphatic carbocycles. The first-order valence-electron chi connectivity index (χ1n) is 4.52. The fourth-order valence-electron chi connectivity index (χ4n) is 1.53. The lowest BCUT2D eigenvalue weighted by molar-refractivity contribution is -0.0395. The molecule has 1 fully saturated rings. The van der Waals surface area contributed by atoms with Gasteiger partial charge in [0, 0.05) is 13.1 Å². The standard InChI is InChI=1S/C9H16N2O2/c1-7(2)13-9-5-11(6-10-3)4-8(9)12/h7-9,12H,4-6H2,1-2H3/t8-,9-/m0/s1. The topological polar surface area (TPSA) is 37.1 Å². The van der Waals surface area contributed by atoms with Gasteiger partial charge in [0.05, 0.1) is 18.3 Å². The minimum atomic E-state index is -0.441. The van der Waals surface area contributed by atoms with Crippen molar-refractivity contribution in [1.29, 1.82) is 0 Å². The second-order valence-electron chi connectivity index (χ2n) is 3.63. The lowest BCUT2D eigenvalue weighted by Gasteiger charge is -2.17. The molecule has 1 heterocycles. The summed E-state index contributed by atoms with van der Waals surface area (Å²) in [6.45, 7) is 12.2. The average Bonchev–Trinajstić information content (AvgIpc) is 2.31. The van der Waals surface area contributed by atoms with Crippen LogP contribution in [0.15, 0.2) is 0 Å². The van der Waals surface area contributed by atoms with Gasteiger partial charge in [0.2, 0.25) is 0 Å². The van der Waals surface area contributed by atoms with E-state index >= 15 is 0 Å². The molecule has 0 amide bonds. The van der Waals surface area contributed by atoms with E-state index in [1.807, 2.05) is 18.7 Å². The first kappa shape index (κ1) is 10.5. The van der Waals surface area contributed by atoms with Gasteiger partial charge in [-0.1, -0.05) is 0 Å². The van der Waals surface area contributed by atoms with E-state index in [2.05, 4.69) is 4.85 Å². The summed E-state index contributed by atoms with van der Waals surface area (Å²) >= 11 is 0. The second-order valence-corrected chi connectivity index (χ2v) is 3.63. The van der Waals surface area contributed by atoms with Crippen molar-refractivity contribution in [2.24, 2.45) is 0 Å². The summed E-state index contributed by atoms with van der Waals surface area (Å²) in [4.78, 5) is 5.18. The van der Waals surface area contributed by atoms with Gasteiger partial charge in [-0.05, 0) is 13.8 Å². The van der Waals surface area contributed by atoms with E-state index in [-0.39, 0.29) is 12.2 Å². The highest BCUT2D eigenvalue weighted by Crippen LogP contribution is 2.14. The lowest BCUT2D eigenvalue weighted by Crippen LogP contribution is -2.29. The molecule has 4 nitrogen and oxygen atoms in total. The fourth-order valence-corrected chi connectivity index (χ4v) is 1.53. The largest absolute Gasteiger partial charge is 0.389 e. The van der Waals surface area contributed by atoms with Crippen LogP contribution in [0.1, 0.15) is 13.8 Å².